The van der Waals surface area contributed by atoms with Crippen molar-refractivity contribution in [2.24, 2.45) is 16.6 Å². The van der Waals surface area contributed by atoms with E-state index in [1.807, 2.05) is 0 Å². The number of guanidine groups is 1. The Morgan fingerprint density at radius 2 is 1.82 bits per heavy atom. The molecule has 4 aliphatic heterocycles. The fourth-order valence-electron chi connectivity index (χ4n) is 4.24. The lowest BCUT2D eigenvalue weighted by Crippen LogP contribution is -2.95. The zero-order chi connectivity index (χ0) is 16.1. The Kier molecular flexibility index (Phi) is 2.57. The van der Waals surface area contributed by atoms with Crippen molar-refractivity contribution in [3.63, 3.8) is 0 Å². The van der Waals surface area contributed by atoms with Crippen LogP contribution in [0.25, 0.3) is 0 Å². The van der Waals surface area contributed by atoms with Crippen LogP contribution in [0.3, 0.4) is 0 Å². The summed E-state index contributed by atoms with van der Waals surface area (Å²) < 4.78 is 10.3. The highest BCUT2D eigenvalue weighted by molar-refractivity contribution is 5.80. The van der Waals surface area contributed by atoms with Crippen LogP contribution in [0.5, 0.6) is 0 Å². The number of hydrogen-bond acceptors (Lipinski definition) is 11. The highest BCUT2D eigenvalue weighted by atomic mass is 16.9. The van der Waals surface area contributed by atoms with Gasteiger partial charge in [-0.15, -0.1) is 0 Å². The van der Waals surface area contributed by atoms with Crippen molar-refractivity contribution in [3.8, 4) is 0 Å². The maximum absolute atomic E-state index is 10.6. The highest BCUT2D eigenvalue weighted by Gasteiger charge is 2.82. The third-order valence-corrected chi connectivity index (χ3v) is 5.22. The molecule has 0 amide bonds. The van der Waals surface area contributed by atoms with E-state index < -0.39 is 60.3 Å². The van der Waals surface area contributed by atoms with Crippen molar-refractivity contribution in [1.29, 1.82) is 0 Å². The Labute approximate surface area is 123 Å². The molecule has 11 heteroatoms. The van der Waals surface area contributed by atoms with Crippen molar-refractivity contribution < 1.29 is 40.1 Å². The number of aliphatic hydroxyl groups is 6. The molecule has 1 saturated carbocycles. The lowest BCUT2D eigenvalue weighted by atomic mass is 9.55. The van der Waals surface area contributed by atoms with Gasteiger partial charge in [0.15, 0.2) is 18.3 Å². The summed E-state index contributed by atoms with van der Waals surface area (Å²) in [5.74, 6) is -3.95. The predicted molar refractivity (Wildman–Crippen MR) is 65.7 cm³/mol. The average Bonchev–Trinajstić information content (AvgIpc) is 2.45. The van der Waals surface area contributed by atoms with Gasteiger partial charge >= 0.3 is 5.97 Å². The molecule has 4 fully saturated rings. The topological polar surface area (TPSA) is 190 Å². The summed E-state index contributed by atoms with van der Waals surface area (Å²) >= 11 is 0. The minimum Gasteiger partial charge on any atom is -0.393 e. The van der Waals surface area contributed by atoms with Gasteiger partial charge in [-0.05, 0) is 0 Å². The molecular weight excluding hydrogens is 302 g/mol. The first-order chi connectivity index (χ1) is 10.2. The molecule has 5 rings (SSSR count). The highest BCUT2D eigenvalue weighted by Crippen LogP contribution is 2.58. The standard InChI is InChI=1S/C11H17N3O8/c12-8-13-6(17)2-4-9(19,1-15)5-3(16)10(2,14-8)7(18)11(20,21-4)22-5/h2-7,15-20H,1H2,(H3,12,13,14)/t2-,3?,4?,5-,6-,7+,9?,10-,11+/m1/s1. The average molecular weight is 319 g/mol. The second-order valence-corrected chi connectivity index (χ2v) is 6.22. The molecule has 0 aromatic rings. The Bertz CT molecular complexity index is 561. The van der Waals surface area contributed by atoms with E-state index in [2.05, 4.69) is 10.3 Å². The number of rotatable bonds is 1. The Hall–Kier alpha value is -1.05. The van der Waals surface area contributed by atoms with Crippen LogP contribution in [0.1, 0.15) is 0 Å². The van der Waals surface area contributed by atoms with E-state index in [1.54, 1.807) is 0 Å². The Morgan fingerprint density at radius 1 is 1.18 bits per heavy atom. The number of hydrogen-bond donors (Lipinski definition) is 8. The molecule has 0 radical (unpaired) electrons. The van der Waals surface area contributed by atoms with Crippen LogP contribution >= 0.6 is 0 Å². The van der Waals surface area contributed by atoms with Gasteiger partial charge in [-0.25, -0.2) is 4.99 Å². The minimum absolute atomic E-state index is 0.250. The van der Waals surface area contributed by atoms with Crippen LogP contribution in [-0.4, -0.2) is 91.0 Å². The van der Waals surface area contributed by atoms with Crippen molar-refractivity contribution in [2.45, 2.75) is 47.8 Å². The molecule has 3 unspecified atom stereocenters. The first kappa shape index (κ1) is 14.5. The first-order valence-electron chi connectivity index (χ1n) is 6.77. The van der Waals surface area contributed by atoms with Crippen molar-refractivity contribution >= 4 is 5.96 Å². The Balaban J connectivity index is 1.95. The first-order valence-corrected chi connectivity index (χ1v) is 6.77. The summed E-state index contributed by atoms with van der Waals surface area (Å²) in [7, 11) is 0. The van der Waals surface area contributed by atoms with Gasteiger partial charge in [-0.2, -0.15) is 0 Å². The van der Waals surface area contributed by atoms with Crippen LogP contribution in [0.2, 0.25) is 0 Å². The van der Waals surface area contributed by atoms with E-state index in [9.17, 15) is 30.6 Å². The van der Waals surface area contributed by atoms with Crippen LogP contribution in [0, 0.1) is 5.92 Å². The SMILES string of the molecule is NC1=N[C@H](O)[C@H]2C3O[C@]4(O)O[C@H](C(O)[C@@]2(N1)[C@@H]4O)C3(O)CO. The van der Waals surface area contributed by atoms with Gasteiger partial charge in [0.05, 0.1) is 12.5 Å². The summed E-state index contributed by atoms with van der Waals surface area (Å²) in [6.07, 6.45) is -7.77. The van der Waals surface area contributed by atoms with E-state index in [0.29, 0.717) is 0 Å². The zero-order valence-corrected chi connectivity index (χ0v) is 11.2. The van der Waals surface area contributed by atoms with Gasteiger partial charge in [0, 0.05) is 0 Å². The third kappa shape index (κ3) is 1.28. The quantitative estimate of drug-likeness (QED) is 0.231. The van der Waals surface area contributed by atoms with Crippen LogP contribution < -0.4 is 11.1 Å². The van der Waals surface area contributed by atoms with E-state index >= 15 is 0 Å². The lowest BCUT2D eigenvalue weighted by Gasteiger charge is -2.71. The largest absolute Gasteiger partial charge is 0.393 e. The van der Waals surface area contributed by atoms with Gasteiger partial charge in [0.25, 0.3) is 0 Å². The lowest BCUT2D eigenvalue weighted by molar-refractivity contribution is -0.548. The smallest absolute Gasteiger partial charge is 0.311 e. The summed E-state index contributed by atoms with van der Waals surface area (Å²) in [5.41, 5.74) is 1.74. The summed E-state index contributed by atoms with van der Waals surface area (Å²) in [5, 5.41) is 64.3. The molecule has 9 N–H and O–H groups in total. The van der Waals surface area contributed by atoms with E-state index in [-0.39, 0.29) is 5.96 Å². The zero-order valence-electron chi connectivity index (χ0n) is 11.2. The number of ether oxygens (including phenoxy) is 2. The molecule has 22 heavy (non-hydrogen) atoms. The number of nitrogens with two attached hydrogens (primary N) is 1. The number of aliphatic hydroxyl groups excluding tert-OH is 4. The van der Waals surface area contributed by atoms with E-state index in [4.69, 9.17) is 15.2 Å². The molecule has 5 aliphatic rings. The van der Waals surface area contributed by atoms with E-state index in [0.717, 1.165) is 0 Å². The van der Waals surface area contributed by atoms with Gasteiger partial charge < -0.3 is 51.2 Å². The summed E-state index contributed by atoms with van der Waals surface area (Å²) in [4.78, 5) is 3.70. The fourth-order valence-corrected chi connectivity index (χ4v) is 4.24. The second-order valence-electron chi connectivity index (χ2n) is 6.22. The molecule has 124 valence electrons. The number of nitrogens with one attached hydrogen (secondary N) is 1. The normalized spacial score (nSPS) is 62.4. The van der Waals surface area contributed by atoms with E-state index in [1.165, 1.54) is 0 Å². The van der Waals surface area contributed by atoms with Gasteiger partial charge in [-0.3, -0.25) is 0 Å². The fraction of sp³-hybridized carbons (Fsp3) is 0.909. The van der Waals surface area contributed by atoms with Crippen LogP contribution in [0.15, 0.2) is 4.99 Å². The molecule has 4 heterocycles. The monoisotopic (exact) mass is 319 g/mol. The molecule has 1 spiro atoms. The number of nitrogens with zero attached hydrogens (tertiary/aromatic N) is 1. The number of aliphatic imine (C=N–C) groups is 1. The maximum Gasteiger partial charge on any atom is 0.311 e. The van der Waals surface area contributed by atoms with Crippen LogP contribution in [-0.2, 0) is 9.47 Å². The minimum atomic E-state index is -2.52. The van der Waals surface area contributed by atoms with Crippen LogP contribution in [0.4, 0.5) is 0 Å². The van der Waals surface area contributed by atoms with Crippen molar-refractivity contribution in [3.05, 3.63) is 0 Å². The maximum atomic E-state index is 10.6. The molecule has 11 nitrogen and oxygen atoms in total. The van der Waals surface area contributed by atoms with Gasteiger partial charge in [0.1, 0.15) is 29.5 Å². The van der Waals surface area contributed by atoms with Crippen molar-refractivity contribution in [2.75, 3.05) is 6.61 Å². The summed E-state index contributed by atoms with van der Waals surface area (Å²) in [6.45, 7) is -0.857. The summed E-state index contributed by atoms with van der Waals surface area (Å²) in [6, 6.07) is 0. The molecule has 0 aromatic heterocycles. The molecule has 4 bridgehead atoms. The van der Waals surface area contributed by atoms with Gasteiger partial charge in [-0.1, -0.05) is 0 Å². The molecule has 1 aliphatic carbocycles. The molecule has 0 aromatic carbocycles. The predicted octanol–water partition coefficient (Wildman–Crippen LogP) is -5.52. The van der Waals surface area contributed by atoms with Crippen molar-refractivity contribution in [1.82, 2.24) is 5.32 Å². The molecular formula is C11H17N3O8. The molecule has 3 saturated heterocycles. The third-order valence-electron chi connectivity index (χ3n) is 5.22. The van der Waals surface area contributed by atoms with Gasteiger partial charge in [0.2, 0.25) is 0 Å². The Morgan fingerprint density at radius 3 is 2.45 bits per heavy atom. The second kappa shape index (κ2) is 3.88. The molecule has 9 atom stereocenters.